The first-order valence-electron chi connectivity index (χ1n) is 6.71. The molecular formula is C16H18N4. The van der Waals surface area contributed by atoms with E-state index in [9.17, 15) is 0 Å². The third-order valence-corrected chi connectivity index (χ3v) is 3.63. The van der Waals surface area contributed by atoms with Gasteiger partial charge in [-0.05, 0) is 25.4 Å². The van der Waals surface area contributed by atoms with E-state index >= 15 is 0 Å². The summed E-state index contributed by atoms with van der Waals surface area (Å²) in [4.78, 5) is 4.37. The van der Waals surface area contributed by atoms with Gasteiger partial charge in [0, 0.05) is 30.4 Å². The molecule has 1 unspecified atom stereocenters. The lowest BCUT2D eigenvalue weighted by atomic mass is 9.99. The lowest BCUT2D eigenvalue weighted by Crippen LogP contribution is -2.21. The largest absolute Gasteiger partial charge is 0.308 e. The summed E-state index contributed by atoms with van der Waals surface area (Å²) in [5.74, 6) is 0. The molecule has 1 N–H and O–H groups in total. The summed E-state index contributed by atoms with van der Waals surface area (Å²) in [7, 11) is 3.94. The smallest absolute Gasteiger partial charge is 0.0766 e. The maximum absolute atomic E-state index is 4.44. The molecule has 0 bridgehead atoms. The average Bonchev–Trinajstić information content (AvgIpc) is 2.79. The van der Waals surface area contributed by atoms with Gasteiger partial charge in [0.05, 0.1) is 17.4 Å². The lowest BCUT2D eigenvalue weighted by Gasteiger charge is -2.18. The summed E-state index contributed by atoms with van der Waals surface area (Å²) in [6.07, 6.45) is 3.84. The number of hydrogen-bond donors (Lipinski definition) is 1. The number of nitrogens with one attached hydrogen (secondary N) is 1. The summed E-state index contributed by atoms with van der Waals surface area (Å²) in [5.41, 5.74) is 3.34. The fourth-order valence-electron chi connectivity index (χ4n) is 2.73. The Bertz CT molecular complexity index is 740. The van der Waals surface area contributed by atoms with Gasteiger partial charge in [-0.1, -0.05) is 24.3 Å². The minimum absolute atomic E-state index is 0.0831. The van der Waals surface area contributed by atoms with Crippen LogP contribution in [0.25, 0.3) is 10.8 Å². The number of aromatic nitrogens is 3. The minimum Gasteiger partial charge on any atom is -0.308 e. The third-order valence-electron chi connectivity index (χ3n) is 3.63. The van der Waals surface area contributed by atoms with Crippen LogP contribution in [0.15, 0.2) is 42.7 Å². The topological polar surface area (TPSA) is 42.7 Å². The Balaban J connectivity index is 2.19. The number of benzene rings is 1. The van der Waals surface area contributed by atoms with Gasteiger partial charge in [0.1, 0.15) is 0 Å². The van der Waals surface area contributed by atoms with Crippen molar-refractivity contribution in [2.24, 2.45) is 7.05 Å². The van der Waals surface area contributed by atoms with Gasteiger partial charge in [0.25, 0.3) is 0 Å². The molecule has 2 aromatic heterocycles. The SMILES string of the molecule is CNC(c1cncc2ccccc12)c1cc(C)nn1C. The average molecular weight is 266 g/mol. The zero-order valence-electron chi connectivity index (χ0n) is 12.0. The van der Waals surface area contributed by atoms with Crippen LogP contribution in [0, 0.1) is 6.92 Å². The van der Waals surface area contributed by atoms with Crippen molar-refractivity contribution in [2.45, 2.75) is 13.0 Å². The quantitative estimate of drug-likeness (QED) is 0.792. The van der Waals surface area contributed by atoms with Crippen molar-refractivity contribution in [3.63, 3.8) is 0 Å². The highest BCUT2D eigenvalue weighted by Gasteiger charge is 2.18. The van der Waals surface area contributed by atoms with Gasteiger partial charge in [-0.2, -0.15) is 5.10 Å². The van der Waals surface area contributed by atoms with Gasteiger partial charge in [-0.25, -0.2) is 0 Å². The predicted octanol–water partition coefficient (Wildman–Crippen LogP) is 2.59. The molecule has 1 aromatic carbocycles. The molecule has 0 spiro atoms. The highest BCUT2D eigenvalue weighted by molar-refractivity contribution is 5.85. The van der Waals surface area contributed by atoms with Crippen molar-refractivity contribution >= 4 is 10.8 Å². The van der Waals surface area contributed by atoms with Crippen LogP contribution in [0.1, 0.15) is 23.0 Å². The summed E-state index contributed by atoms with van der Waals surface area (Å²) in [5, 5.41) is 10.2. The Morgan fingerprint density at radius 1 is 1.20 bits per heavy atom. The number of rotatable bonds is 3. The van der Waals surface area contributed by atoms with Crippen LogP contribution in [-0.2, 0) is 7.05 Å². The fraction of sp³-hybridized carbons (Fsp3) is 0.250. The van der Waals surface area contributed by atoms with Gasteiger partial charge in [-0.15, -0.1) is 0 Å². The Hall–Kier alpha value is -2.20. The second-order valence-electron chi connectivity index (χ2n) is 5.01. The number of pyridine rings is 1. The molecule has 0 saturated carbocycles. The van der Waals surface area contributed by atoms with Crippen LogP contribution in [0.4, 0.5) is 0 Å². The molecule has 0 aliphatic heterocycles. The zero-order chi connectivity index (χ0) is 14.1. The van der Waals surface area contributed by atoms with Gasteiger partial charge < -0.3 is 5.32 Å². The highest BCUT2D eigenvalue weighted by atomic mass is 15.3. The van der Waals surface area contributed by atoms with Gasteiger partial charge >= 0.3 is 0 Å². The molecule has 3 aromatic rings. The van der Waals surface area contributed by atoms with E-state index in [4.69, 9.17) is 0 Å². The summed E-state index contributed by atoms with van der Waals surface area (Å²) < 4.78 is 1.93. The Morgan fingerprint density at radius 3 is 2.70 bits per heavy atom. The van der Waals surface area contributed by atoms with E-state index in [2.05, 4.69) is 39.7 Å². The molecule has 0 aliphatic carbocycles. The van der Waals surface area contributed by atoms with E-state index < -0.39 is 0 Å². The van der Waals surface area contributed by atoms with E-state index in [0.29, 0.717) is 0 Å². The summed E-state index contributed by atoms with van der Waals surface area (Å²) in [6, 6.07) is 10.5. The standard InChI is InChI=1S/C16H18N4/c1-11-8-15(20(3)19-11)16(17-2)14-10-18-9-12-6-4-5-7-13(12)14/h4-10,16-17H,1-3H3. The van der Waals surface area contributed by atoms with Crippen molar-refractivity contribution in [2.75, 3.05) is 7.05 Å². The fourth-order valence-corrected chi connectivity index (χ4v) is 2.73. The molecule has 4 heteroatoms. The van der Waals surface area contributed by atoms with E-state index in [0.717, 1.165) is 16.8 Å². The Labute approximate surface area is 118 Å². The lowest BCUT2D eigenvalue weighted by molar-refractivity contribution is 0.606. The van der Waals surface area contributed by atoms with Crippen LogP contribution in [0.5, 0.6) is 0 Å². The molecule has 20 heavy (non-hydrogen) atoms. The van der Waals surface area contributed by atoms with Crippen LogP contribution in [0.2, 0.25) is 0 Å². The molecule has 3 rings (SSSR count). The second-order valence-corrected chi connectivity index (χ2v) is 5.01. The van der Waals surface area contributed by atoms with Crippen LogP contribution in [-0.4, -0.2) is 21.8 Å². The number of aryl methyl sites for hydroxylation is 2. The number of hydrogen-bond acceptors (Lipinski definition) is 3. The molecule has 0 amide bonds. The number of fused-ring (bicyclic) bond motifs is 1. The number of nitrogens with zero attached hydrogens (tertiary/aromatic N) is 3. The summed E-state index contributed by atoms with van der Waals surface area (Å²) >= 11 is 0. The highest BCUT2D eigenvalue weighted by Crippen LogP contribution is 2.27. The van der Waals surface area contributed by atoms with E-state index in [-0.39, 0.29) is 6.04 Å². The third kappa shape index (κ3) is 2.08. The molecule has 0 aliphatic rings. The first-order valence-corrected chi connectivity index (χ1v) is 6.71. The van der Waals surface area contributed by atoms with Crippen LogP contribution in [0.3, 0.4) is 0 Å². The normalized spacial score (nSPS) is 12.8. The maximum atomic E-state index is 4.44. The van der Waals surface area contributed by atoms with E-state index in [1.807, 2.05) is 44.2 Å². The van der Waals surface area contributed by atoms with E-state index in [1.165, 1.54) is 10.9 Å². The van der Waals surface area contributed by atoms with Crippen LogP contribution < -0.4 is 5.32 Å². The van der Waals surface area contributed by atoms with Gasteiger partial charge in [0.15, 0.2) is 0 Å². The van der Waals surface area contributed by atoms with Gasteiger partial charge in [-0.3, -0.25) is 9.67 Å². The Kier molecular flexibility index (Phi) is 3.24. The van der Waals surface area contributed by atoms with E-state index in [1.54, 1.807) is 0 Å². The summed E-state index contributed by atoms with van der Waals surface area (Å²) in [6.45, 7) is 2.01. The van der Waals surface area contributed by atoms with Crippen molar-refractivity contribution in [1.29, 1.82) is 0 Å². The minimum atomic E-state index is 0.0831. The predicted molar refractivity (Wildman–Crippen MR) is 80.6 cm³/mol. The second kappa shape index (κ2) is 5.06. The zero-order valence-corrected chi connectivity index (χ0v) is 12.0. The van der Waals surface area contributed by atoms with Gasteiger partial charge in [0.2, 0.25) is 0 Å². The van der Waals surface area contributed by atoms with Crippen molar-refractivity contribution in [1.82, 2.24) is 20.1 Å². The Morgan fingerprint density at radius 2 is 2.00 bits per heavy atom. The first kappa shape index (κ1) is 12.8. The molecule has 102 valence electrons. The van der Waals surface area contributed by atoms with Crippen molar-refractivity contribution in [3.8, 4) is 0 Å². The van der Waals surface area contributed by atoms with Crippen molar-refractivity contribution < 1.29 is 0 Å². The first-order chi connectivity index (χ1) is 9.70. The molecular weight excluding hydrogens is 248 g/mol. The van der Waals surface area contributed by atoms with Crippen molar-refractivity contribution in [3.05, 3.63) is 59.7 Å². The van der Waals surface area contributed by atoms with Crippen LogP contribution >= 0.6 is 0 Å². The molecule has 2 heterocycles. The molecule has 0 fully saturated rings. The molecule has 0 radical (unpaired) electrons. The maximum Gasteiger partial charge on any atom is 0.0766 e. The molecule has 0 saturated heterocycles. The monoisotopic (exact) mass is 266 g/mol. The molecule has 1 atom stereocenters. The molecule has 4 nitrogen and oxygen atoms in total.